The van der Waals surface area contributed by atoms with Gasteiger partial charge in [0.1, 0.15) is 5.56 Å². The third-order valence-electron chi connectivity index (χ3n) is 2.40. The molecule has 0 saturated heterocycles. The van der Waals surface area contributed by atoms with E-state index in [0.717, 1.165) is 4.68 Å². The second kappa shape index (κ2) is 3.95. The highest BCUT2D eigenvalue weighted by Crippen LogP contribution is 2.14. The Kier molecular flexibility index (Phi) is 2.58. The number of carboxylic acids is 1. The van der Waals surface area contributed by atoms with Gasteiger partial charge in [-0.1, -0.05) is 0 Å². The first-order chi connectivity index (χ1) is 8.41. The number of carboxylic acid groups (broad SMARTS) is 1. The van der Waals surface area contributed by atoms with Crippen LogP contribution < -0.4 is 11.2 Å². The molecule has 9 heteroatoms. The molecule has 0 radical (unpaired) electrons. The quantitative estimate of drug-likeness (QED) is 0.624. The van der Waals surface area contributed by atoms with Crippen molar-refractivity contribution in [1.29, 1.82) is 0 Å². The molecule has 0 aliphatic heterocycles. The van der Waals surface area contributed by atoms with Crippen LogP contribution in [0.25, 0.3) is 5.82 Å². The third kappa shape index (κ3) is 1.71. The van der Waals surface area contributed by atoms with Crippen molar-refractivity contribution in [2.24, 2.45) is 0 Å². The summed E-state index contributed by atoms with van der Waals surface area (Å²) in [6, 6.07) is 0. The van der Waals surface area contributed by atoms with Crippen LogP contribution in [0.3, 0.4) is 0 Å². The predicted octanol–water partition coefficient (Wildman–Crippen LogP) is -1.04. The largest absolute Gasteiger partial charge is 0.478 e. The minimum absolute atomic E-state index is 0.00222. The lowest BCUT2D eigenvalue weighted by Crippen LogP contribution is -2.28. The molecule has 2 rings (SSSR count). The Bertz CT molecular complexity index is 738. The lowest BCUT2D eigenvalue weighted by molar-refractivity contribution is 0.0695. The SMILES string of the molecule is Cc1nn(-c2n[nH]c(=O)[nH]c2=O)c(C)c1C(=O)O. The Labute approximate surface area is 99.1 Å². The van der Waals surface area contributed by atoms with E-state index in [1.165, 1.54) is 13.8 Å². The average molecular weight is 251 g/mol. The molecular formula is C9H9N5O4. The summed E-state index contributed by atoms with van der Waals surface area (Å²) in [7, 11) is 0. The van der Waals surface area contributed by atoms with Crippen LogP contribution in [0.4, 0.5) is 0 Å². The average Bonchev–Trinajstić information content (AvgIpc) is 2.54. The fourth-order valence-electron chi connectivity index (χ4n) is 1.64. The number of rotatable bonds is 2. The molecule has 18 heavy (non-hydrogen) atoms. The van der Waals surface area contributed by atoms with Crippen molar-refractivity contribution in [1.82, 2.24) is 25.0 Å². The monoisotopic (exact) mass is 251 g/mol. The van der Waals surface area contributed by atoms with Gasteiger partial charge in [-0.05, 0) is 13.8 Å². The van der Waals surface area contributed by atoms with Crippen LogP contribution in [0.2, 0.25) is 0 Å². The number of H-pyrrole nitrogens is 2. The molecule has 0 bridgehead atoms. The van der Waals surface area contributed by atoms with Crippen molar-refractivity contribution in [3.05, 3.63) is 37.8 Å². The number of aromatic amines is 2. The summed E-state index contributed by atoms with van der Waals surface area (Å²) in [5, 5.41) is 18.5. The zero-order valence-electron chi connectivity index (χ0n) is 9.51. The van der Waals surface area contributed by atoms with E-state index < -0.39 is 17.2 Å². The molecule has 0 saturated carbocycles. The minimum Gasteiger partial charge on any atom is -0.478 e. The Morgan fingerprint density at radius 2 is 2.00 bits per heavy atom. The van der Waals surface area contributed by atoms with Gasteiger partial charge in [0.05, 0.1) is 11.4 Å². The molecule has 0 aliphatic rings. The van der Waals surface area contributed by atoms with Gasteiger partial charge in [0, 0.05) is 0 Å². The third-order valence-corrected chi connectivity index (χ3v) is 2.40. The molecule has 0 spiro atoms. The maximum atomic E-state index is 11.5. The number of nitrogens with zero attached hydrogens (tertiary/aromatic N) is 3. The highest BCUT2D eigenvalue weighted by molar-refractivity contribution is 5.90. The van der Waals surface area contributed by atoms with Crippen LogP contribution in [0.5, 0.6) is 0 Å². The predicted molar refractivity (Wildman–Crippen MR) is 59.0 cm³/mol. The van der Waals surface area contributed by atoms with E-state index in [9.17, 15) is 14.4 Å². The number of aromatic carboxylic acids is 1. The molecule has 2 heterocycles. The molecule has 2 aromatic heterocycles. The van der Waals surface area contributed by atoms with E-state index in [-0.39, 0.29) is 22.8 Å². The Hall–Kier alpha value is -2.71. The van der Waals surface area contributed by atoms with Crippen molar-refractivity contribution in [3.8, 4) is 5.82 Å². The first-order valence-corrected chi connectivity index (χ1v) is 4.90. The normalized spacial score (nSPS) is 10.6. The van der Waals surface area contributed by atoms with E-state index >= 15 is 0 Å². The summed E-state index contributed by atoms with van der Waals surface area (Å²) in [5.74, 6) is -1.33. The first-order valence-electron chi connectivity index (χ1n) is 4.90. The van der Waals surface area contributed by atoms with E-state index in [2.05, 4.69) is 15.3 Å². The van der Waals surface area contributed by atoms with Crippen LogP contribution in [0.15, 0.2) is 9.59 Å². The van der Waals surface area contributed by atoms with E-state index in [4.69, 9.17) is 5.11 Å². The lowest BCUT2D eigenvalue weighted by Gasteiger charge is -2.00. The van der Waals surface area contributed by atoms with Gasteiger partial charge in [-0.3, -0.25) is 9.78 Å². The number of nitrogens with one attached hydrogen (secondary N) is 2. The van der Waals surface area contributed by atoms with Crippen molar-refractivity contribution < 1.29 is 9.90 Å². The van der Waals surface area contributed by atoms with Crippen LogP contribution in [-0.4, -0.2) is 36.0 Å². The summed E-state index contributed by atoms with van der Waals surface area (Å²) in [4.78, 5) is 35.4. The minimum atomic E-state index is -1.14. The standard InChI is InChI=1S/C9H9N5O4/c1-3-5(8(16)17)4(2)14(13-3)6-7(15)10-9(18)12-11-6/h1-2H3,(H,16,17)(H2,10,12,15,18). The van der Waals surface area contributed by atoms with Crippen molar-refractivity contribution in [3.63, 3.8) is 0 Å². The number of hydrogen-bond acceptors (Lipinski definition) is 5. The van der Waals surface area contributed by atoms with Gasteiger partial charge in [0.2, 0.25) is 5.82 Å². The first kappa shape index (κ1) is 11.8. The fraction of sp³-hybridized carbons (Fsp3) is 0.222. The Morgan fingerprint density at radius 3 is 2.50 bits per heavy atom. The van der Waals surface area contributed by atoms with Crippen molar-refractivity contribution in [2.45, 2.75) is 13.8 Å². The Balaban J connectivity index is 2.73. The van der Waals surface area contributed by atoms with Crippen molar-refractivity contribution in [2.75, 3.05) is 0 Å². The van der Waals surface area contributed by atoms with Gasteiger partial charge in [-0.15, -0.1) is 5.10 Å². The summed E-state index contributed by atoms with van der Waals surface area (Å²) >= 11 is 0. The van der Waals surface area contributed by atoms with Crippen LogP contribution in [-0.2, 0) is 0 Å². The van der Waals surface area contributed by atoms with Crippen LogP contribution >= 0.6 is 0 Å². The number of carbonyl (C=O) groups is 1. The topological polar surface area (TPSA) is 134 Å². The van der Waals surface area contributed by atoms with Crippen molar-refractivity contribution >= 4 is 5.97 Å². The maximum Gasteiger partial charge on any atom is 0.342 e. The van der Waals surface area contributed by atoms with Gasteiger partial charge < -0.3 is 5.11 Å². The second-order valence-electron chi connectivity index (χ2n) is 3.59. The van der Waals surface area contributed by atoms with Gasteiger partial charge >= 0.3 is 11.7 Å². The number of aromatic nitrogens is 5. The highest BCUT2D eigenvalue weighted by Gasteiger charge is 2.20. The van der Waals surface area contributed by atoms with E-state index in [1.54, 1.807) is 0 Å². The molecule has 94 valence electrons. The van der Waals surface area contributed by atoms with E-state index in [1.807, 2.05) is 4.98 Å². The molecule has 3 N–H and O–H groups in total. The van der Waals surface area contributed by atoms with Gasteiger partial charge in [-0.25, -0.2) is 19.4 Å². The van der Waals surface area contributed by atoms with Gasteiger partial charge in [-0.2, -0.15) is 5.10 Å². The highest BCUT2D eigenvalue weighted by atomic mass is 16.4. The Morgan fingerprint density at radius 1 is 1.33 bits per heavy atom. The molecule has 0 aliphatic carbocycles. The maximum absolute atomic E-state index is 11.5. The molecule has 0 atom stereocenters. The molecule has 0 unspecified atom stereocenters. The van der Waals surface area contributed by atoms with Crippen LogP contribution in [0, 0.1) is 13.8 Å². The smallest absolute Gasteiger partial charge is 0.342 e. The number of hydrogen-bond donors (Lipinski definition) is 3. The molecule has 0 fully saturated rings. The van der Waals surface area contributed by atoms with E-state index in [0.29, 0.717) is 0 Å². The molecule has 9 nitrogen and oxygen atoms in total. The fourth-order valence-corrected chi connectivity index (χ4v) is 1.64. The summed E-state index contributed by atoms with van der Waals surface area (Å²) < 4.78 is 1.08. The molecule has 0 aromatic carbocycles. The van der Waals surface area contributed by atoms with Gasteiger partial charge in [0.15, 0.2) is 0 Å². The summed E-state index contributed by atoms with van der Waals surface area (Å²) in [6.07, 6.45) is 0. The zero-order valence-corrected chi connectivity index (χ0v) is 9.51. The second-order valence-corrected chi connectivity index (χ2v) is 3.59. The molecular weight excluding hydrogens is 242 g/mol. The lowest BCUT2D eigenvalue weighted by atomic mass is 10.2. The zero-order chi connectivity index (χ0) is 13.4. The van der Waals surface area contributed by atoms with Gasteiger partial charge in [0.25, 0.3) is 5.56 Å². The summed E-state index contributed by atoms with van der Waals surface area (Å²) in [5.41, 5.74) is -0.982. The van der Waals surface area contributed by atoms with Crippen LogP contribution in [0.1, 0.15) is 21.7 Å². The molecule has 2 aromatic rings. The number of aryl methyl sites for hydroxylation is 1. The summed E-state index contributed by atoms with van der Waals surface area (Å²) in [6.45, 7) is 3.00. The molecule has 0 amide bonds.